The van der Waals surface area contributed by atoms with E-state index in [1.165, 1.54) is 12.8 Å². The lowest BCUT2D eigenvalue weighted by Crippen LogP contribution is -2.42. The van der Waals surface area contributed by atoms with Crippen molar-refractivity contribution in [3.63, 3.8) is 0 Å². The van der Waals surface area contributed by atoms with Gasteiger partial charge >= 0.3 is 0 Å². The van der Waals surface area contributed by atoms with E-state index < -0.39 is 0 Å². The highest BCUT2D eigenvalue weighted by Crippen LogP contribution is 2.22. The zero-order valence-corrected chi connectivity index (χ0v) is 12.2. The molecule has 0 heterocycles. The summed E-state index contributed by atoms with van der Waals surface area (Å²) in [7, 11) is 0. The number of rotatable bonds is 4. The molecule has 1 aromatic rings. The molecular formula is C14H19BrN2O. The van der Waals surface area contributed by atoms with Crippen molar-refractivity contribution >= 4 is 27.5 Å². The van der Waals surface area contributed by atoms with Gasteiger partial charge in [0, 0.05) is 16.2 Å². The summed E-state index contributed by atoms with van der Waals surface area (Å²) in [5.41, 5.74) is 0.951. The standard InChI is InChI=1S/C14H19BrN2O/c1-10(14(18)17-11-6-2-3-7-11)16-13-9-5-4-8-12(13)15/h4-5,8-11,16H,2-3,6-7H2,1H3,(H,17,18). The number of hydrogen-bond acceptors (Lipinski definition) is 2. The second kappa shape index (κ2) is 6.23. The van der Waals surface area contributed by atoms with Crippen molar-refractivity contribution in [3.8, 4) is 0 Å². The molecule has 1 aliphatic carbocycles. The zero-order chi connectivity index (χ0) is 13.0. The topological polar surface area (TPSA) is 41.1 Å². The van der Waals surface area contributed by atoms with Crippen LogP contribution in [0.25, 0.3) is 0 Å². The fraction of sp³-hybridized carbons (Fsp3) is 0.500. The number of halogens is 1. The predicted octanol–water partition coefficient (Wildman–Crippen LogP) is 3.31. The maximum absolute atomic E-state index is 12.0. The Morgan fingerprint density at radius 2 is 2.00 bits per heavy atom. The number of anilines is 1. The molecular weight excluding hydrogens is 292 g/mol. The average molecular weight is 311 g/mol. The monoisotopic (exact) mass is 310 g/mol. The van der Waals surface area contributed by atoms with Crippen molar-refractivity contribution in [1.29, 1.82) is 0 Å². The smallest absolute Gasteiger partial charge is 0.242 e. The quantitative estimate of drug-likeness (QED) is 0.896. The summed E-state index contributed by atoms with van der Waals surface area (Å²) in [5.74, 6) is 0.0812. The number of amides is 1. The van der Waals surface area contributed by atoms with E-state index >= 15 is 0 Å². The molecule has 0 aromatic heterocycles. The minimum absolute atomic E-state index is 0.0812. The summed E-state index contributed by atoms with van der Waals surface area (Å²) in [5, 5.41) is 6.33. The van der Waals surface area contributed by atoms with E-state index in [2.05, 4.69) is 26.6 Å². The van der Waals surface area contributed by atoms with Crippen molar-refractivity contribution in [2.24, 2.45) is 0 Å². The van der Waals surface area contributed by atoms with Crippen LogP contribution in [0.4, 0.5) is 5.69 Å². The molecule has 2 rings (SSSR count). The van der Waals surface area contributed by atoms with Crippen LogP contribution in [0.2, 0.25) is 0 Å². The molecule has 2 N–H and O–H groups in total. The Morgan fingerprint density at radius 1 is 1.33 bits per heavy atom. The van der Waals surface area contributed by atoms with Gasteiger partial charge in [-0.3, -0.25) is 4.79 Å². The van der Waals surface area contributed by atoms with Gasteiger partial charge in [0.15, 0.2) is 0 Å². The van der Waals surface area contributed by atoms with Crippen LogP contribution in [0.15, 0.2) is 28.7 Å². The third-order valence-electron chi connectivity index (χ3n) is 3.34. The Balaban J connectivity index is 1.89. The third-order valence-corrected chi connectivity index (χ3v) is 4.03. The highest BCUT2D eigenvalue weighted by molar-refractivity contribution is 9.10. The third kappa shape index (κ3) is 3.48. The van der Waals surface area contributed by atoms with Crippen LogP contribution >= 0.6 is 15.9 Å². The van der Waals surface area contributed by atoms with Gasteiger partial charge in [-0.05, 0) is 47.8 Å². The van der Waals surface area contributed by atoms with Crippen molar-refractivity contribution in [1.82, 2.24) is 5.32 Å². The van der Waals surface area contributed by atoms with E-state index in [0.717, 1.165) is 23.0 Å². The van der Waals surface area contributed by atoms with Crippen LogP contribution in [0.3, 0.4) is 0 Å². The Bertz CT molecular complexity index is 416. The first-order chi connectivity index (χ1) is 8.66. The van der Waals surface area contributed by atoms with Gasteiger partial charge in [-0.2, -0.15) is 0 Å². The van der Waals surface area contributed by atoms with Crippen LogP contribution < -0.4 is 10.6 Å². The van der Waals surface area contributed by atoms with Gasteiger partial charge in [0.25, 0.3) is 0 Å². The molecule has 1 aromatic carbocycles. The normalized spacial score (nSPS) is 17.4. The molecule has 0 aliphatic heterocycles. The van der Waals surface area contributed by atoms with Gasteiger partial charge in [0.05, 0.1) is 0 Å². The molecule has 1 aliphatic rings. The fourth-order valence-corrected chi connectivity index (χ4v) is 2.67. The molecule has 0 radical (unpaired) electrons. The molecule has 3 nitrogen and oxygen atoms in total. The second-order valence-electron chi connectivity index (χ2n) is 4.84. The van der Waals surface area contributed by atoms with E-state index in [1.54, 1.807) is 0 Å². The summed E-state index contributed by atoms with van der Waals surface area (Å²) in [6.45, 7) is 1.89. The molecule has 4 heteroatoms. The molecule has 18 heavy (non-hydrogen) atoms. The summed E-state index contributed by atoms with van der Waals surface area (Å²) in [4.78, 5) is 12.0. The van der Waals surface area contributed by atoms with E-state index in [0.29, 0.717) is 6.04 Å². The zero-order valence-electron chi connectivity index (χ0n) is 10.6. The minimum atomic E-state index is -0.218. The van der Waals surface area contributed by atoms with E-state index in [1.807, 2.05) is 31.2 Å². The van der Waals surface area contributed by atoms with E-state index in [4.69, 9.17) is 0 Å². The maximum atomic E-state index is 12.0. The van der Waals surface area contributed by atoms with E-state index in [9.17, 15) is 4.79 Å². The van der Waals surface area contributed by atoms with Crippen molar-refractivity contribution in [3.05, 3.63) is 28.7 Å². The fourth-order valence-electron chi connectivity index (χ4n) is 2.27. The summed E-state index contributed by atoms with van der Waals surface area (Å²) < 4.78 is 0.977. The van der Waals surface area contributed by atoms with Crippen LogP contribution in [0, 0.1) is 0 Å². The molecule has 0 saturated heterocycles. The van der Waals surface area contributed by atoms with Crippen LogP contribution in [-0.2, 0) is 4.79 Å². The number of carbonyl (C=O) groups excluding carboxylic acids is 1. The first-order valence-corrected chi connectivity index (χ1v) is 7.27. The number of para-hydroxylation sites is 1. The number of benzene rings is 1. The molecule has 98 valence electrons. The van der Waals surface area contributed by atoms with Crippen LogP contribution in [0.1, 0.15) is 32.6 Å². The van der Waals surface area contributed by atoms with E-state index in [-0.39, 0.29) is 11.9 Å². The molecule has 1 unspecified atom stereocenters. The Labute approximate surface area is 116 Å². The largest absolute Gasteiger partial charge is 0.373 e. The van der Waals surface area contributed by atoms with Crippen LogP contribution in [-0.4, -0.2) is 18.0 Å². The lowest BCUT2D eigenvalue weighted by Gasteiger charge is -2.19. The number of carbonyl (C=O) groups is 1. The summed E-state index contributed by atoms with van der Waals surface area (Å²) in [6.07, 6.45) is 4.70. The van der Waals surface area contributed by atoms with Crippen LogP contribution in [0.5, 0.6) is 0 Å². The van der Waals surface area contributed by atoms with Gasteiger partial charge in [0.1, 0.15) is 6.04 Å². The summed E-state index contributed by atoms with van der Waals surface area (Å²) >= 11 is 3.47. The molecule has 0 bridgehead atoms. The van der Waals surface area contributed by atoms with Crippen molar-refractivity contribution in [2.45, 2.75) is 44.7 Å². The SMILES string of the molecule is CC(Nc1ccccc1Br)C(=O)NC1CCCC1. The van der Waals surface area contributed by atoms with Gasteiger partial charge < -0.3 is 10.6 Å². The number of nitrogens with one attached hydrogen (secondary N) is 2. The minimum Gasteiger partial charge on any atom is -0.373 e. The molecule has 1 saturated carbocycles. The highest BCUT2D eigenvalue weighted by Gasteiger charge is 2.20. The predicted molar refractivity (Wildman–Crippen MR) is 77.6 cm³/mol. The van der Waals surface area contributed by atoms with Crippen molar-refractivity contribution < 1.29 is 4.79 Å². The second-order valence-corrected chi connectivity index (χ2v) is 5.69. The highest BCUT2D eigenvalue weighted by atomic mass is 79.9. The molecule has 1 amide bonds. The maximum Gasteiger partial charge on any atom is 0.242 e. The summed E-state index contributed by atoms with van der Waals surface area (Å²) in [6, 6.07) is 7.99. The Kier molecular flexibility index (Phi) is 4.64. The molecule has 1 atom stereocenters. The lowest BCUT2D eigenvalue weighted by atomic mass is 10.2. The Hall–Kier alpha value is -1.03. The first kappa shape index (κ1) is 13.4. The van der Waals surface area contributed by atoms with Crippen molar-refractivity contribution in [2.75, 3.05) is 5.32 Å². The Morgan fingerprint density at radius 3 is 2.67 bits per heavy atom. The van der Waals surface area contributed by atoms with Gasteiger partial charge in [-0.15, -0.1) is 0 Å². The first-order valence-electron chi connectivity index (χ1n) is 6.48. The molecule has 0 spiro atoms. The lowest BCUT2D eigenvalue weighted by molar-refractivity contribution is -0.122. The average Bonchev–Trinajstić information content (AvgIpc) is 2.84. The van der Waals surface area contributed by atoms with Gasteiger partial charge in [-0.1, -0.05) is 25.0 Å². The molecule has 1 fully saturated rings. The number of hydrogen-bond donors (Lipinski definition) is 2. The van der Waals surface area contributed by atoms with Gasteiger partial charge in [-0.25, -0.2) is 0 Å². The van der Waals surface area contributed by atoms with Gasteiger partial charge in [0.2, 0.25) is 5.91 Å².